The summed E-state index contributed by atoms with van der Waals surface area (Å²) in [5, 5.41) is 8.91. The van der Waals surface area contributed by atoms with Gasteiger partial charge in [-0.05, 0) is 38.3 Å². The molecule has 1 fully saturated rings. The van der Waals surface area contributed by atoms with Crippen LogP contribution in [-0.2, 0) is 0 Å². The number of rotatable bonds is 1. The van der Waals surface area contributed by atoms with Crippen molar-refractivity contribution in [1.29, 1.82) is 5.26 Å². The minimum Gasteiger partial charge on any atom is -0.258 e. The van der Waals surface area contributed by atoms with Crippen LogP contribution < -0.4 is 0 Å². The van der Waals surface area contributed by atoms with E-state index in [-0.39, 0.29) is 5.92 Å². The van der Waals surface area contributed by atoms with E-state index >= 15 is 0 Å². The van der Waals surface area contributed by atoms with Crippen LogP contribution in [0.1, 0.15) is 31.2 Å². The van der Waals surface area contributed by atoms with Crippen LogP contribution in [0.2, 0.25) is 0 Å². The molecule has 0 N–H and O–H groups in total. The van der Waals surface area contributed by atoms with Gasteiger partial charge in [-0.2, -0.15) is 5.26 Å². The molecule has 2 nitrogen and oxygen atoms in total. The Morgan fingerprint density at radius 1 is 1.31 bits per heavy atom. The van der Waals surface area contributed by atoms with Crippen molar-refractivity contribution < 1.29 is 0 Å². The van der Waals surface area contributed by atoms with Crippen LogP contribution in [0.15, 0.2) is 29.3 Å². The summed E-state index contributed by atoms with van der Waals surface area (Å²) in [5.41, 5.74) is 3.45. The van der Waals surface area contributed by atoms with E-state index in [9.17, 15) is 0 Å². The normalized spacial score (nSPS) is 23.0. The Morgan fingerprint density at radius 3 is 2.75 bits per heavy atom. The molecule has 0 saturated heterocycles. The van der Waals surface area contributed by atoms with E-state index in [0.29, 0.717) is 0 Å². The number of benzene rings is 1. The van der Waals surface area contributed by atoms with Crippen molar-refractivity contribution in [2.45, 2.75) is 32.6 Å². The molecule has 1 atom stereocenters. The number of aryl methyl sites for hydroxylation is 1. The zero-order valence-electron chi connectivity index (χ0n) is 9.61. The Morgan fingerprint density at radius 2 is 2.06 bits per heavy atom. The smallest absolute Gasteiger partial charge is 0.0659 e. The van der Waals surface area contributed by atoms with Crippen LogP contribution in [-0.4, -0.2) is 5.71 Å². The molecule has 1 aromatic rings. The van der Waals surface area contributed by atoms with Gasteiger partial charge >= 0.3 is 0 Å². The fourth-order valence-electron chi connectivity index (χ4n) is 2.05. The van der Waals surface area contributed by atoms with Crippen LogP contribution in [0.4, 0.5) is 5.69 Å². The number of nitriles is 1. The molecule has 2 rings (SSSR count). The zero-order valence-corrected chi connectivity index (χ0v) is 9.61. The highest BCUT2D eigenvalue weighted by molar-refractivity contribution is 5.88. The summed E-state index contributed by atoms with van der Waals surface area (Å²) in [6, 6.07) is 10.6. The Bertz CT molecular complexity index is 423. The third kappa shape index (κ3) is 2.70. The predicted octanol–water partition coefficient (Wildman–Crippen LogP) is 3.78. The molecule has 1 aliphatic carbocycles. The van der Waals surface area contributed by atoms with E-state index in [0.717, 1.165) is 31.4 Å². The van der Waals surface area contributed by atoms with Crippen LogP contribution >= 0.6 is 0 Å². The quantitative estimate of drug-likeness (QED) is 0.697. The van der Waals surface area contributed by atoms with Gasteiger partial charge in [0.2, 0.25) is 0 Å². The average Bonchev–Trinajstić information content (AvgIpc) is 2.32. The van der Waals surface area contributed by atoms with Gasteiger partial charge in [0.05, 0.1) is 17.7 Å². The van der Waals surface area contributed by atoms with Gasteiger partial charge < -0.3 is 0 Å². The summed E-state index contributed by atoms with van der Waals surface area (Å²) in [6.07, 6.45) is 4.03. The third-order valence-electron chi connectivity index (χ3n) is 3.00. The van der Waals surface area contributed by atoms with Crippen molar-refractivity contribution >= 4 is 11.4 Å². The van der Waals surface area contributed by atoms with E-state index in [1.807, 2.05) is 12.1 Å². The van der Waals surface area contributed by atoms with Gasteiger partial charge in [-0.3, -0.25) is 4.99 Å². The maximum absolute atomic E-state index is 8.91. The van der Waals surface area contributed by atoms with Crippen molar-refractivity contribution in [3.8, 4) is 6.07 Å². The summed E-state index contributed by atoms with van der Waals surface area (Å²) in [5.74, 6) is 0.179. The summed E-state index contributed by atoms with van der Waals surface area (Å²) < 4.78 is 0. The zero-order chi connectivity index (χ0) is 11.4. The topological polar surface area (TPSA) is 36.1 Å². The van der Waals surface area contributed by atoms with Crippen LogP contribution in [0, 0.1) is 24.2 Å². The minimum atomic E-state index is 0.179. The highest BCUT2D eigenvalue weighted by atomic mass is 14.7. The lowest BCUT2D eigenvalue weighted by atomic mass is 9.89. The Kier molecular flexibility index (Phi) is 3.36. The first-order chi connectivity index (χ1) is 7.78. The number of nitrogens with zero attached hydrogens (tertiary/aromatic N) is 2. The molecular formula is C14H16N2. The second-order valence-electron chi connectivity index (χ2n) is 4.44. The molecule has 0 aliphatic heterocycles. The van der Waals surface area contributed by atoms with Crippen molar-refractivity contribution in [1.82, 2.24) is 0 Å². The van der Waals surface area contributed by atoms with Crippen LogP contribution in [0.5, 0.6) is 0 Å². The van der Waals surface area contributed by atoms with Gasteiger partial charge in [0.25, 0.3) is 0 Å². The molecule has 82 valence electrons. The lowest BCUT2D eigenvalue weighted by molar-refractivity contribution is 0.559. The molecule has 0 amide bonds. The van der Waals surface area contributed by atoms with Gasteiger partial charge in [0, 0.05) is 12.1 Å². The fourth-order valence-corrected chi connectivity index (χ4v) is 2.05. The first-order valence-corrected chi connectivity index (χ1v) is 5.80. The highest BCUT2D eigenvalue weighted by Gasteiger charge is 2.17. The maximum Gasteiger partial charge on any atom is 0.0659 e. The van der Waals surface area contributed by atoms with E-state index in [1.165, 1.54) is 11.3 Å². The lowest BCUT2D eigenvalue weighted by Gasteiger charge is -2.17. The molecule has 0 spiro atoms. The van der Waals surface area contributed by atoms with Gasteiger partial charge in [-0.1, -0.05) is 17.7 Å². The standard InChI is InChI=1S/C14H16N2/c1-11-5-7-13(8-6-11)16-14-4-2-3-12(9-14)10-15/h5-8,12H,2-4,9H2,1H3/b16-14+. The number of aliphatic imine (C=N–C) groups is 1. The van der Waals surface area contributed by atoms with E-state index < -0.39 is 0 Å². The molecule has 2 heteroatoms. The first-order valence-electron chi connectivity index (χ1n) is 5.80. The van der Waals surface area contributed by atoms with Crippen molar-refractivity contribution in [3.05, 3.63) is 29.8 Å². The maximum atomic E-state index is 8.91. The van der Waals surface area contributed by atoms with E-state index in [2.05, 4.69) is 30.1 Å². The highest BCUT2D eigenvalue weighted by Crippen LogP contribution is 2.24. The molecule has 1 unspecified atom stereocenters. The molecule has 0 bridgehead atoms. The first kappa shape index (κ1) is 10.9. The SMILES string of the molecule is Cc1ccc(/N=C2\CCCC(C#N)C2)cc1. The molecule has 1 saturated carbocycles. The lowest BCUT2D eigenvalue weighted by Crippen LogP contribution is -2.13. The predicted molar refractivity (Wildman–Crippen MR) is 65.8 cm³/mol. The molecule has 1 aliphatic rings. The van der Waals surface area contributed by atoms with Crippen LogP contribution in [0.3, 0.4) is 0 Å². The molecule has 0 heterocycles. The van der Waals surface area contributed by atoms with Crippen molar-refractivity contribution in [3.63, 3.8) is 0 Å². The van der Waals surface area contributed by atoms with Gasteiger partial charge in [0.1, 0.15) is 0 Å². The van der Waals surface area contributed by atoms with Gasteiger partial charge in [0.15, 0.2) is 0 Å². The minimum absolute atomic E-state index is 0.179. The fraction of sp³-hybridized carbons (Fsp3) is 0.429. The van der Waals surface area contributed by atoms with Crippen LogP contribution in [0.25, 0.3) is 0 Å². The second kappa shape index (κ2) is 4.94. The third-order valence-corrected chi connectivity index (χ3v) is 3.00. The van der Waals surface area contributed by atoms with Gasteiger partial charge in [-0.25, -0.2) is 0 Å². The van der Waals surface area contributed by atoms with Crippen molar-refractivity contribution in [2.75, 3.05) is 0 Å². The average molecular weight is 212 g/mol. The number of hydrogen-bond donors (Lipinski definition) is 0. The van der Waals surface area contributed by atoms with Crippen molar-refractivity contribution in [2.24, 2.45) is 10.9 Å². The van der Waals surface area contributed by atoms with Gasteiger partial charge in [-0.15, -0.1) is 0 Å². The summed E-state index contributed by atoms with van der Waals surface area (Å²) in [7, 11) is 0. The summed E-state index contributed by atoms with van der Waals surface area (Å²) in [4.78, 5) is 4.62. The molecular weight excluding hydrogens is 196 g/mol. The molecule has 1 aromatic carbocycles. The Labute approximate surface area is 96.6 Å². The Balaban J connectivity index is 2.12. The summed E-state index contributed by atoms with van der Waals surface area (Å²) >= 11 is 0. The Hall–Kier alpha value is -1.62. The largest absolute Gasteiger partial charge is 0.258 e. The number of hydrogen-bond acceptors (Lipinski definition) is 2. The second-order valence-corrected chi connectivity index (χ2v) is 4.44. The summed E-state index contributed by atoms with van der Waals surface area (Å²) in [6.45, 7) is 2.07. The molecule has 0 aromatic heterocycles. The van der Waals surface area contributed by atoms with E-state index in [1.54, 1.807) is 0 Å². The van der Waals surface area contributed by atoms with E-state index in [4.69, 9.17) is 5.26 Å². The monoisotopic (exact) mass is 212 g/mol. The molecule has 16 heavy (non-hydrogen) atoms. The molecule has 0 radical (unpaired) electrons.